The van der Waals surface area contributed by atoms with Gasteiger partial charge in [-0.05, 0) is 14.1 Å². The van der Waals surface area contributed by atoms with Gasteiger partial charge in [-0.2, -0.15) is 4.98 Å². The van der Waals surface area contributed by atoms with Crippen molar-refractivity contribution in [3.8, 4) is 6.08 Å². The van der Waals surface area contributed by atoms with Crippen LogP contribution in [0.25, 0.3) is 0 Å². The first-order valence-corrected chi connectivity index (χ1v) is 4.06. The molecule has 1 N–H and O–H groups in total. The molecule has 0 amide bonds. The van der Waals surface area contributed by atoms with Crippen molar-refractivity contribution in [2.24, 2.45) is 0 Å². The number of ether oxygens (including phenoxy) is 1. The first kappa shape index (κ1) is 10.5. The van der Waals surface area contributed by atoms with Crippen LogP contribution >= 0.6 is 0 Å². The van der Waals surface area contributed by atoms with Crippen LogP contribution in [0.3, 0.4) is 0 Å². The van der Waals surface area contributed by atoms with Gasteiger partial charge in [0.15, 0.2) is 5.69 Å². The molecule has 1 rings (SSSR count). The third-order valence-electron chi connectivity index (χ3n) is 1.47. The minimum absolute atomic E-state index is 0.00995. The Kier molecular flexibility index (Phi) is 3.47. The number of carboxylic acids is 1. The van der Waals surface area contributed by atoms with Gasteiger partial charge in [-0.1, -0.05) is 0 Å². The number of hydrogen-bond donors (Lipinski definition) is 1. The molecule has 1 aromatic heterocycles. The van der Waals surface area contributed by atoms with E-state index in [2.05, 4.69) is 4.98 Å². The van der Waals surface area contributed by atoms with E-state index in [1.807, 2.05) is 19.0 Å². The van der Waals surface area contributed by atoms with Gasteiger partial charge in [0, 0.05) is 6.54 Å². The van der Waals surface area contributed by atoms with Crippen molar-refractivity contribution in [3.63, 3.8) is 0 Å². The maximum atomic E-state index is 10.4. The van der Waals surface area contributed by atoms with Crippen molar-refractivity contribution >= 4 is 5.97 Å². The molecule has 0 aliphatic heterocycles. The van der Waals surface area contributed by atoms with Gasteiger partial charge >= 0.3 is 12.0 Å². The van der Waals surface area contributed by atoms with Crippen LogP contribution in [0.4, 0.5) is 0 Å². The second kappa shape index (κ2) is 4.61. The Morgan fingerprint density at radius 3 is 2.93 bits per heavy atom. The van der Waals surface area contributed by atoms with E-state index in [1.54, 1.807) is 0 Å². The van der Waals surface area contributed by atoms with Crippen molar-refractivity contribution in [2.45, 2.75) is 0 Å². The number of likely N-dealkylation sites (N-methyl/N-ethyl adjacent to an activating group) is 1. The monoisotopic (exact) mass is 200 g/mol. The highest BCUT2D eigenvalue weighted by Crippen LogP contribution is 2.09. The summed E-state index contributed by atoms with van der Waals surface area (Å²) in [6, 6.07) is 0. The second-order valence-electron chi connectivity index (χ2n) is 2.96. The van der Waals surface area contributed by atoms with Crippen molar-refractivity contribution in [2.75, 3.05) is 27.2 Å². The molecule has 1 heterocycles. The number of nitrogens with zero attached hydrogens (tertiary/aromatic N) is 2. The summed E-state index contributed by atoms with van der Waals surface area (Å²) in [5.41, 5.74) is -0.148. The summed E-state index contributed by atoms with van der Waals surface area (Å²) in [5, 5.41) is 8.53. The molecule has 0 aromatic carbocycles. The van der Waals surface area contributed by atoms with E-state index in [1.165, 1.54) is 0 Å². The van der Waals surface area contributed by atoms with Crippen LogP contribution in [0.15, 0.2) is 10.7 Å². The molecule has 0 fully saturated rings. The maximum absolute atomic E-state index is 10.4. The average Bonchev–Trinajstić information content (AvgIpc) is 2.52. The van der Waals surface area contributed by atoms with E-state index >= 15 is 0 Å². The van der Waals surface area contributed by atoms with Crippen LogP contribution in [-0.4, -0.2) is 48.2 Å². The summed E-state index contributed by atoms with van der Waals surface area (Å²) in [7, 11) is 3.81. The Labute approximate surface area is 81.1 Å². The summed E-state index contributed by atoms with van der Waals surface area (Å²) in [5.74, 6) is -1.13. The van der Waals surface area contributed by atoms with E-state index in [0.29, 0.717) is 13.2 Å². The summed E-state index contributed by atoms with van der Waals surface area (Å²) in [6.45, 7) is 1.12. The largest absolute Gasteiger partial charge is 0.476 e. The molecule has 0 radical (unpaired) electrons. The number of carboxylic acid groups (broad SMARTS) is 1. The molecule has 0 atom stereocenters. The Bertz CT molecular complexity index is 308. The molecule has 6 heteroatoms. The molecular weight excluding hydrogens is 188 g/mol. The molecule has 0 aliphatic rings. The van der Waals surface area contributed by atoms with Crippen LogP contribution in [0, 0.1) is 0 Å². The number of aromatic nitrogens is 1. The SMILES string of the molecule is CN(C)CCOc1nc(C(=O)O)co1. The van der Waals surface area contributed by atoms with Crippen molar-refractivity contribution in [1.29, 1.82) is 0 Å². The smallest absolute Gasteiger partial charge is 0.394 e. The first-order valence-electron chi connectivity index (χ1n) is 4.06. The van der Waals surface area contributed by atoms with E-state index in [4.69, 9.17) is 14.3 Å². The van der Waals surface area contributed by atoms with E-state index in [-0.39, 0.29) is 11.8 Å². The first-order chi connectivity index (χ1) is 6.59. The third-order valence-corrected chi connectivity index (χ3v) is 1.47. The zero-order valence-corrected chi connectivity index (χ0v) is 8.06. The molecule has 0 saturated carbocycles. The van der Waals surface area contributed by atoms with E-state index in [0.717, 1.165) is 6.26 Å². The molecule has 1 aromatic rings. The fraction of sp³-hybridized carbons (Fsp3) is 0.500. The number of hydrogen-bond acceptors (Lipinski definition) is 5. The lowest BCUT2D eigenvalue weighted by molar-refractivity contribution is 0.0690. The van der Waals surface area contributed by atoms with Crippen LogP contribution in [-0.2, 0) is 0 Å². The molecule has 0 aliphatic carbocycles. The molecule has 0 bridgehead atoms. The Morgan fingerprint density at radius 1 is 1.71 bits per heavy atom. The number of rotatable bonds is 5. The van der Waals surface area contributed by atoms with Gasteiger partial charge in [0.05, 0.1) is 0 Å². The van der Waals surface area contributed by atoms with Crippen LogP contribution in [0.1, 0.15) is 10.5 Å². The summed E-state index contributed by atoms with van der Waals surface area (Å²) >= 11 is 0. The fourth-order valence-electron chi connectivity index (χ4n) is 0.737. The minimum Gasteiger partial charge on any atom is -0.476 e. The van der Waals surface area contributed by atoms with Gasteiger partial charge in [0.2, 0.25) is 0 Å². The molecule has 0 spiro atoms. The Morgan fingerprint density at radius 2 is 2.43 bits per heavy atom. The van der Waals surface area contributed by atoms with Crippen molar-refractivity contribution in [3.05, 3.63) is 12.0 Å². The quantitative estimate of drug-likeness (QED) is 0.737. The van der Waals surface area contributed by atoms with Crippen LogP contribution < -0.4 is 4.74 Å². The van der Waals surface area contributed by atoms with Gasteiger partial charge in [-0.15, -0.1) is 0 Å². The van der Waals surface area contributed by atoms with Crippen LogP contribution in [0.2, 0.25) is 0 Å². The predicted molar refractivity (Wildman–Crippen MR) is 47.5 cm³/mol. The Balaban J connectivity index is 2.40. The Hall–Kier alpha value is -1.56. The summed E-state index contributed by atoms with van der Waals surface area (Å²) < 4.78 is 9.84. The van der Waals surface area contributed by atoms with Gasteiger partial charge in [0.25, 0.3) is 0 Å². The van der Waals surface area contributed by atoms with Crippen LogP contribution in [0.5, 0.6) is 6.08 Å². The van der Waals surface area contributed by atoms with Gasteiger partial charge in [-0.3, -0.25) is 0 Å². The van der Waals surface area contributed by atoms with E-state index < -0.39 is 5.97 Å². The average molecular weight is 200 g/mol. The highest BCUT2D eigenvalue weighted by Gasteiger charge is 2.10. The van der Waals surface area contributed by atoms with Gasteiger partial charge in [-0.25, -0.2) is 4.79 Å². The molecule has 0 unspecified atom stereocenters. The second-order valence-corrected chi connectivity index (χ2v) is 2.96. The molecule has 6 nitrogen and oxygen atoms in total. The molecular formula is C8H12N2O4. The molecule has 0 saturated heterocycles. The van der Waals surface area contributed by atoms with Gasteiger partial charge in [0.1, 0.15) is 12.9 Å². The molecule has 14 heavy (non-hydrogen) atoms. The topological polar surface area (TPSA) is 75.8 Å². The lowest BCUT2D eigenvalue weighted by Gasteiger charge is -2.07. The summed E-state index contributed by atoms with van der Waals surface area (Å²) in [4.78, 5) is 15.9. The standard InChI is InChI=1S/C8H12N2O4/c1-10(2)3-4-13-8-9-6(5-14-8)7(11)12/h5H,3-4H2,1-2H3,(H,11,12). The number of carbonyl (C=O) groups is 1. The zero-order valence-electron chi connectivity index (χ0n) is 8.06. The highest BCUT2D eigenvalue weighted by molar-refractivity contribution is 5.84. The van der Waals surface area contributed by atoms with E-state index in [9.17, 15) is 4.79 Å². The van der Waals surface area contributed by atoms with Crippen molar-refractivity contribution in [1.82, 2.24) is 9.88 Å². The number of aromatic carboxylic acids is 1. The highest BCUT2D eigenvalue weighted by atomic mass is 16.6. The summed E-state index contributed by atoms with van der Waals surface area (Å²) in [6.07, 6.45) is 1.04. The fourth-order valence-corrected chi connectivity index (χ4v) is 0.737. The lowest BCUT2D eigenvalue weighted by Crippen LogP contribution is -2.19. The minimum atomic E-state index is -1.13. The predicted octanol–water partition coefficient (Wildman–Crippen LogP) is 0.313. The van der Waals surface area contributed by atoms with Gasteiger partial charge < -0.3 is 19.2 Å². The van der Waals surface area contributed by atoms with Crippen molar-refractivity contribution < 1.29 is 19.1 Å². The normalized spacial score (nSPS) is 10.5. The molecule has 78 valence electrons. The lowest BCUT2D eigenvalue weighted by atomic mass is 10.5. The zero-order chi connectivity index (χ0) is 10.6. The third kappa shape index (κ3) is 3.06. The number of oxazole rings is 1. The maximum Gasteiger partial charge on any atom is 0.394 e.